The fraction of sp³-hybridized carbons (Fsp3) is 0.640. The van der Waals surface area contributed by atoms with E-state index in [-0.39, 0.29) is 49.5 Å². The van der Waals surface area contributed by atoms with Crippen LogP contribution in [0.1, 0.15) is 44.6 Å². The zero-order valence-corrected chi connectivity index (χ0v) is 21.8. The highest BCUT2D eigenvalue weighted by atomic mass is 35.5. The van der Waals surface area contributed by atoms with Crippen LogP contribution in [0, 0.1) is 5.41 Å². The molecule has 1 aromatic rings. The predicted octanol–water partition coefficient (Wildman–Crippen LogP) is 2.94. The molecular formula is C25H32ClF3N4O5. The van der Waals surface area contributed by atoms with Gasteiger partial charge in [-0.2, -0.15) is 13.2 Å². The minimum Gasteiger partial charge on any atom is -0.394 e. The van der Waals surface area contributed by atoms with E-state index < -0.39 is 46.9 Å². The number of nitrogens with one attached hydrogen (secondary N) is 1. The SMILES string of the molecule is C[C@H]1C(=O)N([C@@H](CO)CCC(=O)N2CCC3(CC3)[C@H](O)C2)CCN1C(=O)Nc1ccc(C(F)(F)F)c(Cl)c1. The molecule has 3 aliphatic rings. The van der Waals surface area contributed by atoms with Crippen LogP contribution in [-0.2, 0) is 15.8 Å². The lowest BCUT2D eigenvalue weighted by molar-refractivity contribution is -0.144. The highest BCUT2D eigenvalue weighted by Crippen LogP contribution is 2.53. The lowest BCUT2D eigenvalue weighted by atomic mass is 9.90. The molecule has 1 aliphatic carbocycles. The van der Waals surface area contributed by atoms with Crippen LogP contribution >= 0.6 is 11.6 Å². The van der Waals surface area contributed by atoms with Crippen molar-refractivity contribution in [1.82, 2.24) is 14.7 Å². The molecule has 4 rings (SSSR count). The molecule has 1 aromatic carbocycles. The molecule has 0 radical (unpaired) electrons. The van der Waals surface area contributed by atoms with Crippen LogP contribution in [0.15, 0.2) is 18.2 Å². The number of likely N-dealkylation sites (tertiary alicyclic amines) is 1. The van der Waals surface area contributed by atoms with Crippen LogP contribution in [0.5, 0.6) is 0 Å². The molecule has 0 unspecified atom stereocenters. The summed E-state index contributed by atoms with van der Waals surface area (Å²) in [5.41, 5.74) is -0.985. The number of carbonyl (C=O) groups excluding carboxylic acids is 3. The number of aliphatic hydroxyl groups is 2. The van der Waals surface area contributed by atoms with Crippen molar-refractivity contribution >= 4 is 35.1 Å². The number of alkyl halides is 3. The van der Waals surface area contributed by atoms with Gasteiger partial charge in [0.15, 0.2) is 0 Å². The smallest absolute Gasteiger partial charge is 0.394 e. The second-order valence-electron chi connectivity index (χ2n) is 10.4. The molecule has 3 fully saturated rings. The molecule has 1 saturated carbocycles. The molecule has 2 saturated heterocycles. The molecule has 9 nitrogen and oxygen atoms in total. The first kappa shape index (κ1) is 28.4. The first-order chi connectivity index (χ1) is 17.9. The van der Waals surface area contributed by atoms with Crippen molar-refractivity contribution in [2.24, 2.45) is 5.41 Å². The van der Waals surface area contributed by atoms with Gasteiger partial charge in [0.1, 0.15) is 6.04 Å². The first-order valence-electron chi connectivity index (χ1n) is 12.7. The lowest BCUT2D eigenvalue weighted by Crippen LogP contribution is -2.61. The van der Waals surface area contributed by atoms with Gasteiger partial charge in [0.2, 0.25) is 11.8 Å². The molecule has 4 amide bonds. The number of amides is 4. The maximum absolute atomic E-state index is 13.1. The number of benzene rings is 1. The van der Waals surface area contributed by atoms with Gasteiger partial charge in [-0.05, 0) is 56.2 Å². The number of nitrogens with zero attached hydrogens (tertiary/aromatic N) is 3. The number of hydrogen-bond acceptors (Lipinski definition) is 5. The summed E-state index contributed by atoms with van der Waals surface area (Å²) < 4.78 is 38.8. The molecule has 3 atom stereocenters. The van der Waals surface area contributed by atoms with E-state index in [1.165, 1.54) is 16.7 Å². The average Bonchev–Trinajstić information content (AvgIpc) is 3.63. The third kappa shape index (κ3) is 5.86. The summed E-state index contributed by atoms with van der Waals surface area (Å²) in [5, 5.41) is 22.2. The van der Waals surface area contributed by atoms with E-state index in [1.54, 1.807) is 4.90 Å². The number of piperazine rings is 1. The second kappa shape index (κ2) is 10.9. The van der Waals surface area contributed by atoms with Crippen molar-refractivity contribution in [3.63, 3.8) is 0 Å². The molecular weight excluding hydrogens is 529 g/mol. The van der Waals surface area contributed by atoms with E-state index in [0.29, 0.717) is 13.1 Å². The molecule has 38 heavy (non-hydrogen) atoms. The standard InChI is InChI=1S/C25H32ClF3N4O5/c1-15-22(37)33(17(14-34)3-5-21(36)31-9-8-24(6-7-24)20(35)13-31)11-10-32(15)23(38)30-16-2-4-18(19(26)12-16)25(27,28)29/h2,4,12,15,17,20,34-35H,3,5-11,13-14H2,1H3,(H,30,38)/t15-,17+,20+/m0/s1. The van der Waals surface area contributed by atoms with Crippen LogP contribution in [0.4, 0.5) is 23.7 Å². The van der Waals surface area contributed by atoms with Crippen molar-refractivity contribution in [3.05, 3.63) is 28.8 Å². The predicted molar refractivity (Wildman–Crippen MR) is 132 cm³/mol. The van der Waals surface area contributed by atoms with E-state index in [0.717, 1.165) is 37.5 Å². The van der Waals surface area contributed by atoms with Crippen LogP contribution in [0.2, 0.25) is 5.02 Å². The Bertz CT molecular complexity index is 1080. The van der Waals surface area contributed by atoms with Gasteiger partial charge in [0.25, 0.3) is 0 Å². The summed E-state index contributed by atoms with van der Waals surface area (Å²) in [5.74, 6) is -0.542. The number of hydrogen-bond donors (Lipinski definition) is 3. The largest absolute Gasteiger partial charge is 0.417 e. The summed E-state index contributed by atoms with van der Waals surface area (Å²) in [6, 6.07) is 0.666. The van der Waals surface area contributed by atoms with Crippen molar-refractivity contribution in [2.75, 3.05) is 38.1 Å². The van der Waals surface area contributed by atoms with Gasteiger partial charge < -0.3 is 30.2 Å². The third-order valence-corrected chi connectivity index (χ3v) is 8.36. The maximum atomic E-state index is 13.1. The average molecular weight is 561 g/mol. The summed E-state index contributed by atoms with van der Waals surface area (Å²) in [7, 11) is 0. The molecule has 0 aromatic heterocycles. The fourth-order valence-corrected chi connectivity index (χ4v) is 5.62. The number of halogens is 4. The van der Waals surface area contributed by atoms with E-state index >= 15 is 0 Å². The van der Waals surface area contributed by atoms with Crippen LogP contribution in [0.3, 0.4) is 0 Å². The normalized spacial score (nSPS) is 24.0. The Labute approximate surface area is 223 Å². The van der Waals surface area contributed by atoms with E-state index in [2.05, 4.69) is 5.32 Å². The fourth-order valence-electron chi connectivity index (χ4n) is 5.33. The van der Waals surface area contributed by atoms with Gasteiger partial charge in [0, 0.05) is 38.3 Å². The van der Waals surface area contributed by atoms with Crippen molar-refractivity contribution in [1.29, 1.82) is 0 Å². The molecule has 210 valence electrons. The van der Waals surface area contributed by atoms with Gasteiger partial charge in [-0.15, -0.1) is 0 Å². The molecule has 3 N–H and O–H groups in total. The topological polar surface area (TPSA) is 113 Å². The zero-order valence-electron chi connectivity index (χ0n) is 21.0. The van der Waals surface area contributed by atoms with Crippen molar-refractivity contribution in [2.45, 2.75) is 63.4 Å². The molecule has 1 spiro atoms. The summed E-state index contributed by atoms with van der Waals surface area (Å²) >= 11 is 5.72. The van der Waals surface area contributed by atoms with Crippen molar-refractivity contribution < 1.29 is 37.8 Å². The highest BCUT2D eigenvalue weighted by Gasteiger charge is 2.51. The van der Waals surface area contributed by atoms with Crippen LogP contribution in [-0.4, -0.2) is 93.7 Å². The number of anilines is 1. The highest BCUT2D eigenvalue weighted by molar-refractivity contribution is 6.31. The van der Waals surface area contributed by atoms with Gasteiger partial charge in [-0.3, -0.25) is 9.59 Å². The number of aliphatic hydroxyl groups excluding tert-OH is 2. The number of rotatable bonds is 6. The first-order valence-corrected chi connectivity index (χ1v) is 13.1. The molecule has 2 aliphatic heterocycles. The third-order valence-electron chi connectivity index (χ3n) is 8.04. The van der Waals surface area contributed by atoms with Crippen molar-refractivity contribution in [3.8, 4) is 0 Å². The number of carbonyl (C=O) groups is 3. The summed E-state index contributed by atoms with van der Waals surface area (Å²) in [4.78, 5) is 43.0. The minimum absolute atomic E-state index is 0.0162. The molecule has 2 heterocycles. The monoisotopic (exact) mass is 560 g/mol. The van der Waals surface area contributed by atoms with Crippen LogP contribution < -0.4 is 5.32 Å². The van der Waals surface area contributed by atoms with E-state index in [1.807, 2.05) is 0 Å². The quantitative estimate of drug-likeness (QED) is 0.495. The molecule has 0 bridgehead atoms. The zero-order chi connectivity index (χ0) is 27.8. The Balaban J connectivity index is 1.31. The van der Waals surface area contributed by atoms with Gasteiger partial charge in [-0.1, -0.05) is 11.6 Å². The van der Waals surface area contributed by atoms with Gasteiger partial charge >= 0.3 is 12.2 Å². The minimum atomic E-state index is -4.63. The van der Waals surface area contributed by atoms with Gasteiger partial charge in [0.05, 0.1) is 29.3 Å². The Morgan fingerprint density at radius 2 is 1.92 bits per heavy atom. The summed E-state index contributed by atoms with van der Waals surface area (Å²) in [6.45, 7) is 2.31. The Hall–Kier alpha value is -2.57. The van der Waals surface area contributed by atoms with E-state index in [4.69, 9.17) is 11.6 Å². The summed E-state index contributed by atoms with van der Waals surface area (Å²) in [6.07, 6.45) is -2.03. The van der Waals surface area contributed by atoms with E-state index in [9.17, 15) is 37.8 Å². The number of β-amino-alcohol motifs (C(OH)–C–C–N with tert-alkyl or cyclic N) is 1. The second-order valence-corrected chi connectivity index (χ2v) is 10.8. The molecule has 13 heteroatoms. The number of urea groups is 1. The maximum Gasteiger partial charge on any atom is 0.417 e. The van der Waals surface area contributed by atoms with Gasteiger partial charge in [-0.25, -0.2) is 4.79 Å². The Morgan fingerprint density at radius 3 is 2.50 bits per heavy atom. The number of piperidine rings is 1. The Morgan fingerprint density at radius 1 is 1.21 bits per heavy atom. The van der Waals surface area contributed by atoms with Crippen LogP contribution in [0.25, 0.3) is 0 Å². The lowest BCUT2D eigenvalue weighted by Gasteiger charge is -2.42. The Kier molecular flexibility index (Phi) is 8.15.